The van der Waals surface area contributed by atoms with Crippen molar-refractivity contribution in [3.05, 3.63) is 29.8 Å². The third kappa shape index (κ3) is 4.13. The number of hydrogen-bond acceptors (Lipinski definition) is 5. The van der Waals surface area contributed by atoms with Gasteiger partial charge in [0.1, 0.15) is 17.3 Å². The summed E-state index contributed by atoms with van der Waals surface area (Å²) in [6.45, 7) is 3.06. The summed E-state index contributed by atoms with van der Waals surface area (Å²) < 4.78 is 11.2. The van der Waals surface area contributed by atoms with E-state index in [1.165, 1.54) is 0 Å². The van der Waals surface area contributed by atoms with Gasteiger partial charge in [0.2, 0.25) is 5.91 Å². The largest absolute Gasteiger partial charge is 0.496 e. The number of imide groups is 1. The first-order chi connectivity index (χ1) is 14.9. The van der Waals surface area contributed by atoms with E-state index in [0.29, 0.717) is 38.3 Å². The van der Waals surface area contributed by atoms with E-state index in [1.54, 1.807) is 18.9 Å². The lowest BCUT2D eigenvalue weighted by Gasteiger charge is -2.31. The molecule has 1 aromatic carbocycles. The minimum absolute atomic E-state index is 0.0462. The fraction of sp³-hybridized carbons (Fsp3) is 0.609. The zero-order chi connectivity index (χ0) is 22.0. The molecule has 1 aliphatic carbocycles. The highest BCUT2D eigenvalue weighted by atomic mass is 16.5. The van der Waals surface area contributed by atoms with Crippen LogP contribution in [-0.4, -0.2) is 65.6 Å². The van der Waals surface area contributed by atoms with Gasteiger partial charge in [-0.15, -0.1) is 0 Å². The summed E-state index contributed by atoms with van der Waals surface area (Å²) in [7, 11) is 1.60. The first-order valence-corrected chi connectivity index (χ1v) is 11.1. The van der Waals surface area contributed by atoms with Gasteiger partial charge in [0.05, 0.1) is 13.2 Å². The van der Waals surface area contributed by atoms with Crippen LogP contribution in [0, 0.1) is 0 Å². The lowest BCUT2D eigenvalue weighted by atomic mass is 9.97. The first kappa shape index (κ1) is 21.6. The number of nitrogens with zero attached hydrogens (tertiary/aromatic N) is 2. The molecule has 0 bridgehead atoms. The van der Waals surface area contributed by atoms with E-state index in [0.717, 1.165) is 36.1 Å². The van der Waals surface area contributed by atoms with Gasteiger partial charge in [-0.25, -0.2) is 9.69 Å². The minimum Gasteiger partial charge on any atom is -0.496 e. The van der Waals surface area contributed by atoms with Crippen molar-refractivity contribution in [1.82, 2.24) is 15.1 Å². The Labute approximate surface area is 182 Å². The van der Waals surface area contributed by atoms with Crippen molar-refractivity contribution >= 4 is 17.8 Å². The van der Waals surface area contributed by atoms with Crippen molar-refractivity contribution in [3.8, 4) is 5.75 Å². The van der Waals surface area contributed by atoms with Crippen LogP contribution in [0.4, 0.5) is 4.79 Å². The molecule has 1 N–H and O–H groups in total. The molecule has 0 radical (unpaired) electrons. The van der Waals surface area contributed by atoms with Gasteiger partial charge < -0.3 is 19.7 Å². The smallest absolute Gasteiger partial charge is 0.325 e. The van der Waals surface area contributed by atoms with Gasteiger partial charge in [-0.05, 0) is 38.7 Å². The lowest BCUT2D eigenvalue weighted by molar-refractivity contribution is -0.144. The van der Waals surface area contributed by atoms with Gasteiger partial charge >= 0.3 is 6.03 Å². The van der Waals surface area contributed by atoms with Crippen LogP contribution < -0.4 is 10.1 Å². The van der Waals surface area contributed by atoms with Gasteiger partial charge in [0.25, 0.3) is 5.91 Å². The highest BCUT2D eigenvalue weighted by molar-refractivity contribution is 6.10. The average Bonchev–Trinajstić information content (AvgIpc) is 3.50. The maximum atomic E-state index is 13.6. The molecule has 8 heteroatoms. The predicted molar refractivity (Wildman–Crippen MR) is 113 cm³/mol. The molecule has 0 aromatic heterocycles. The summed E-state index contributed by atoms with van der Waals surface area (Å²) in [6.07, 6.45) is 4.88. The maximum Gasteiger partial charge on any atom is 0.325 e. The number of methoxy groups -OCH3 is 1. The maximum absolute atomic E-state index is 13.6. The highest BCUT2D eigenvalue weighted by Gasteiger charge is 2.54. The van der Waals surface area contributed by atoms with Crippen molar-refractivity contribution in [3.63, 3.8) is 0 Å². The number of para-hydroxylation sites is 1. The third-order valence-corrected chi connectivity index (χ3v) is 6.71. The summed E-state index contributed by atoms with van der Waals surface area (Å²) in [6, 6.07) is 6.20. The number of rotatable bonds is 7. The number of carbonyl (C=O) groups excluding carboxylic acids is 3. The quantitative estimate of drug-likeness (QED) is 0.673. The van der Waals surface area contributed by atoms with Gasteiger partial charge in [-0.1, -0.05) is 31.0 Å². The van der Waals surface area contributed by atoms with Crippen molar-refractivity contribution in [1.29, 1.82) is 0 Å². The number of benzene rings is 1. The molecule has 1 aromatic rings. The van der Waals surface area contributed by atoms with E-state index in [-0.39, 0.29) is 17.9 Å². The summed E-state index contributed by atoms with van der Waals surface area (Å²) in [4.78, 5) is 42.2. The van der Waals surface area contributed by atoms with Crippen LogP contribution >= 0.6 is 0 Å². The third-order valence-electron chi connectivity index (χ3n) is 6.71. The Morgan fingerprint density at radius 1 is 1.29 bits per heavy atom. The Kier molecular flexibility index (Phi) is 6.18. The zero-order valence-corrected chi connectivity index (χ0v) is 18.3. The normalized spacial score (nSPS) is 23.3. The molecule has 2 unspecified atom stereocenters. The number of urea groups is 1. The number of ether oxygens (including phenoxy) is 2. The van der Waals surface area contributed by atoms with Crippen LogP contribution in [0.3, 0.4) is 0 Å². The second-order valence-corrected chi connectivity index (χ2v) is 8.74. The second kappa shape index (κ2) is 8.86. The molecule has 1 spiro atoms. The van der Waals surface area contributed by atoms with E-state index in [1.807, 2.05) is 24.3 Å². The van der Waals surface area contributed by atoms with E-state index in [9.17, 15) is 14.4 Å². The molecule has 3 aliphatic rings. The van der Waals surface area contributed by atoms with Crippen molar-refractivity contribution < 1.29 is 23.9 Å². The van der Waals surface area contributed by atoms with Gasteiger partial charge in [-0.3, -0.25) is 9.59 Å². The molecule has 3 fully saturated rings. The monoisotopic (exact) mass is 429 g/mol. The van der Waals surface area contributed by atoms with E-state index in [4.69, 9.17) is 9.47 Å². The molecule has 1 saturated carbocycles. The Hall–Kier alpha value is -2.61. The summed E-state index contributed by atoms with van der Waals surface area (Å²) in [5.41, 5.74) is 0.0428. The molecular formula is C23H31N3O5. The van der Waals surface area contributed by atoms with Crippen LogP contribution in [-0.2, 0) is 20.9 Å². The molecule has 2 heterocycles. The highest BCUT2D eigenvalue weighted by Crippen LogP contribution is 2.36. The SMILES string of the molecule is COc1ccccc1CN(CC1CCCO1)C(=O)C(C)N1C(=O)NC2(CCCC2)C1=O. The Morgan fingerprint density at radius 3 is 2.71 bits per heavy atom. The molecule has 4 rings (SSSR count). The summed E-state index contributed by atoms with van der Waals surface area (Å²) in [5.74, 6) is 0.158. The van der Waals surface area contributed by atoms with E-state index < -0.39 is 17.6 Å². The van der Waals surface area contributed by atoms with Gasteiger partial charge in [-0.2, -0.15) is 0 Å². The first-order valence-electron chi connectivity index (χ1n) is 11.1. The fourth-order valence-electron chi connectivity index (χ4n) is 4.99. The average molecular weight is 430 g/mol. The van der Waals surface area contributed by atoms with Gasteiger partial charge in [0, 0.05) is 25.3 Å². The number of nitrogens with one attached hydrogen (secondary N) is 1. The van der Waals surface area contributed by atoms with Crippen molar-refractivity contribution in [2.45, 2.75) is 69.7 Å². The van der Waals surface area contributed by atoms with Crippen LogP contribution in [0.25, 0.3) is 0 Å². The Morgan fingerprint density at radius 2 is 2.03 bits per heavy atom. The molecule has 2 atom stereocenters. The molecule has 2 saturated heterocycles. The number of carbonyl (C=O) groups is 3. The Balaban J connectivity index is 1.55. The van der Waals surface area contributed by atoms with Crippen LogP contribution in [0.1, 0.15) is 51.0 Å². The molecule has 8 nitrogen and oxygen atoms in total. The fourth-order valence-corrected chi connectivity index (χ4v) is 4.99. The van der Waals surface area contributed by atoms with Crippen LogP contribution in [0.15, 0.2) is 24.3 Å². The molecule has 4 amide bonds. The van der Waals surface area contributed by atoms with Crippen LogP contribution in [0.2, 0.25) is 0 Å². The zero-order valence-electron chi connectivity index (χ0n) is 18.3. The minimum atomic E-state index is -0.886. The van der Waals surface area contributed by atoms with E-state index in [2.05, 4.69) is 5.32 Å². The topological polar surface area (TPSA) is 88.2 Å². The Bertz CT molecular complexity index is 845. The van der Waals surface area contributed by atoms with Gasteiger partial charge in [0.15, 0.2) is 0 Å². The summed E-state index contributed by atoms with van der Waals surface area (Å²) >= 11 is 0. The predicted octanol–water partition coefficient (Wildman–Crippen LogP) is 2.46. The number of hydrogen-bond donors (Lipinski definition) is 1. The molecule has 31 heavy (non-hydrogen) atoms. The lowest BCUT2D eigenvalue weighted by Crippen LogP contribution is -2.52. The van der Waals surface area contributed by atoms with Crippen molar-refractivity contribution in [2.75, 3.05) is 20.3 Å². The second-order valence-electron chi connectivity index (χ2n) is 8.74. The molecule has 168 valence electrons. The molecular weight excluding hydrogens is 398 g/mol. The molecule has 2 aliphatic heterocycles. The van der Waals surface area contributed by atoms with Crippen LogP contribution in [0.5, 0.6) is 5.75 Å². The number of amides is 4. The standard InChI is InChI=1S/C23H31N3O5/c1-16(26-21(28)23(24-22(26)29)11-5-6-12-23)20(27)25(15-18-9-7-13-31-18)14-17-8-3-4-10-19(17)30-2/h3-4,8,10,16,18H,5-7,9,11-15H2,1-2H3,(H,24,29). The van der Waals surface area contributed by atoms with Crippen molar-refractivity contribution in [2.24, 2.45) is 0 Å². The van der Waals surface area contributed by atoms with E-state index >= 15 is 0 Å². The summed E-state index contributed by atoms with van der Waals surface area (Å²) in [5, 5.41) is 2.87.